The van der Waals surface area contributed by atoms with E-state index in [1.54, 1.807) is 0 Å². The van der Waals surface area contributed by atoms with Gasteiger partial charge < -0.3 is 5.32 Å². The van der Waals surface area contributed by atoms with Gasteiger partial charge in [0.25, 0.3) is 0 Å². The van der Waals surface area contributed by atoms with Crippen molar-refractivity contribution in [3.05, 3.63) is 24.0 Å². The summed E-state index contributed by atoms with van der Waals surface area (Å²) in [6, 6.07) is 2.72. The van der Waals surface area contributed by atoms with Gasteiger partial charge in [0.1, 0.15) is 0 Å². The molecule has 0 radical (unpaired) electrons. The Hall–Kier alpha value is -1.05. The summed E-state index contributed by atoms with van der Waals surface area (Å²) in [6.07, 6.45) is 10.6. The second kappa shape index (κ2) is 6.21. The van der Waals surface area contributed by atoms with E-state index in [-0.39, 0.29) is 0 Å². The Balaban J connectivity index is 1.93. The van der Waals surface area contributed by atoms with Crippen LogP contribution in [0.15, 0.2) is 18.5 Å². The third-order valence-corrected chi connectivity index (χ3v) is 4.35. The zero-order chi connectivity index (χ0) is 13.0. The van der Waals surface area contributed by atoms with E-state index in [0.29, 0.717) is 6.04 Å². The van der Waals surface area contributed by atoms with Crippen molar-refractivity contribution in [1.82, 2.24) is 4.98 Å². The lowest BCUT2D eigenvalue weighted by Crippen LogP contribution is -2.19. The number of pyridine rings is 1. The van der Waals surface area contributed by atoms with E-state index >= 15 is 0 Å². The number of aromatic nitrogens is 1. The number of hydrogen-bond acceptors (Lipinski definition) is 2. The van der Waals surface area contributed by atoms with Crippen molar-refractivity contribution in [2.75, 3.05) is 5.32 Å². The molecule has 1 aromatic rings. The molecule has 1 fully saturated rings. The molecule has 1 aromatic heterocycles. The first-order valence-electron chi connectivity index (χ1n) is 7.34. The van der Waals surface area contributed by atoms with E-state index in [1.165, 1.54) is 43.4 Å². The fraction of sp³-hybridized carbons (Fsp3) is 0.688. The molecular formula is C16H26N2. The molecule has 2 atom stereocenters. The zero-order valence-electron chi connectivity index (χ0n) is 11.9. The molecule has 0 amide bonds. The average molecular weight is 246 g/mol. The Labute approximate surface area is 111 Å². The van der Waals surface area contributed by atoms with Crippen molar-refractivity contribution in [3.63, 3.8) is 0 Å². The zero-order valence-corrected chi connectivity index (χ0v) is 11.9. The maximum absolute atomic E-state index is 4.22. The van der Waals surface area contributed by atoms with Crippen molar-refractivity contribution in [3.8, 4) is 0 Å². The highest BCUT2D eigenvalue weighted by atomic mass is 14.9. The normalized spacial score (nSPS) is 24.9. The van der Waals surface area contributed by atoms with Gasteiger partial charge in [0.2, 0.25) is 0 Å². The van der Waals surface area contributed by atoms with Crippen LogP contribution in [0.5, 0.6) is 0 Å². The molecule has 0 saturated heterocycles. The van der Waals surface area contributed by atoms with E-state index in [9.17, 15) is 0 Å². The summed E-state index contributed by atoms with van der Waals surface area (Å²) in [5.74, 6) is 1.76. The van der Waals surface area contributed by atoms with Gasteiger partial charge in [0, 0.05) is 12.2 Å². The van der Waals surface area contributed by atoms with Crippen molar-refractivity contribution in [2.45, 2.75) is 58.9 Å². The standard InChI is InChI=1S/C16H26N2/c1-12(2)14-5-4-6-15(8-7-14)18-16-11-17-10-9-13(16)3/h9-12,14-15,18H,4-8H2,1-3H3. The van der Waals surface area contributed by atoms with E-state index in [2.05, 4.69) is 37.1 Å². The molecule has 0 spiro atoms. The molecule has 1 heterocycles. The minimum Gasteiger partial charge on any atom is -0.381 e. The van der Waals surface area contributed by atoms with Crippen LogP contribution in [0, 0.1) is 18.8 Å². The monoisotopic (exact) mass is 246 g/mol. The molecule has 1 saturated carbocycles. The van der Waals surface area contributed by atoms with Crippen LogP contribution in [0.3, 0.4) is 0 Å². The number of anilines is 1. The average Bonchev–Trinajstić information content (AvgIpc) is 2.58. The number of rotatable bonds is 3. The van der Waals surface area contributed by atoms with Crippen LogP contribution in [0.1, 0.15) is 51.5 Å². The highest BCUT2D eigenvalue weighted by Crippen LogP contribution is 2.30. The summed E-state index contributed by atoms with van der Waals surface area (Å²) in [7, 11) is 0. The summed E-state index contributed by atoms with van der Waals surface area (Å²) in [6.45, 7) is 6.88. The third kappa shape index (κ3) is 3.47. The minimum atomic E-state index is 0.636. The van der Waals surface area contributed by atoms with Gasteiger partial charge in [0.15, 0.2) is 0 Å². The Morgan fingerprint density at radius 3 is 2.78 bits per heavy atom. The van der Waals surface area contributed by atoms with Crippen LogP contribution >= 0.6 is 0 Å². The molecule has 0 bridgehead atoms. The molecular weight excluding hydrogens is 220 g/mol. The quantitative estimate of drug-likeness (QED) is 0.799. The molecule has 18 heavy (non-hydrogen) atoms. The molecule has 2 rings (SSSR count). The van der Waals surface area contributed by atoms with E-state index in [0.717, 1.165) is 11.8 Å². The van der Waals surface area contributed by atoms with Crippen LogP contribution in [0.4, 0.5) is 5.69 Å². The lowest BCUT2D eigenvalue weighted by molar-refractivity contribution is 0.341. The molecule has 1 aliphatic carbocycles. The molecule has 100 valence electrons. The lowest BCUT2D eigenvalue weighted by Gasteiger charge is -2.20. The van der Waals surface area contributed by atoms with Crippen molar-refractivity contribution >= 4 is 5.69 Å². The van der Waals surface area contributed by atoms with Gasteiger partial charge >= 0.3 is 0 Å². The Morgan fingerprint density at radius 2 is 2.06 bits per heavy atom. The maximum Gasteiger partial charge on any atom is 0.0558 e. The van der Waals surface area contributed by atoms with Gasteiger partial charge in [-0.3, -0.25) is 4.98 Å². The van der Waals surface area contributed by atoms with Gasteiger partial charge in [-0.05, 0) is 49.7 Å². The molecule has 2 unspecified atom stereocenters. The first-order valence-corrected chi connectivity index (χ1v) is 7.34. The van der Waals surface area contributed by atoms with Crippen molar-refractivity contribution < 1.29 is 0 Å². The molecule has 1 N–H and O–H groups in total. The first kappa shape index (κ1) is 13.4. The Bertz CT molecular complexity index is 373. The number of nitrogens with zero attached hydrogens (tertiary/aromatic N) is 1. The third-order valence-electron chi connectivity index (χ3n) is 4.35. The van der Waals surface area contributed by atoms with Gasteiger partial charge in [-0.1, -0.05) is 26.7 Å². The summed E-state index contributed by atoms with van der Waals surface area (Å²) >= 11 is 0. The second-order valence-electron chi connectivity index (χ2n) is 6.04. The SMILES string of the molecule is Cc1ccncc1NC1CCCC(C(C)C)CC1. The molecule has 0 aliphatic heterocycles. The number of hydrogen-bond donors (Lipinski definition) is 1. The van der Waals surface area contributed by atoms with Crippen LogP contribution in [-0.2, 0) is 0 Å². The minimum absolute atomic E-state index is 0.636. The van der Waals surface area contributed by atoms with Gasteiger partial charge in [-0.15, -0.1) is 0 Å². The van der Waals surface area contributed by atoms with Crippen LogP contribution in [0.25, 0.3) is 0 Å². The smallest absolute Gasteiger partial charge is 0.0558 e. The van der Waals surface area contributed by atoms with Crippen LogP contribution < -0.4 is 5.32 Å². The number of nitrogens with one attached hydrogen (secondary N) is 1. The number of aryl methyl sites for hydroxylation is 1. The van der Waals surface area contributed by atoms with E-state index in [4.69, 9.17) is 0 Å². The second-order valence-corrected chi connectivity index (χ2v) is 6.04. The van der Waals surface area contributed by atoms with Crippen LogP contribution in [-0.4, -0.2) is 11.0 Å². The predicted molar refractivity (Wildman–Crippen MR) is 77.8 cm³/mol. The first-order chi connectivity index (χ1) is 8.66. The van der Waals surface area contributed by atoms with E-state index < -0.39 is 0 Å². The fourth-order valence-corrected chi connectivity index (χ4v) is 2.98. The van der Waals surface area contributed by atoms with Crippen LogP contribution in [0.2, 0.25) is 0 Å². The lowest BCUT2D eigenvalue weighted by atomic mass is 9.89. The highest BCUT2D eigenvalue weighted by Gasteiger charge is 2.21. The van der Waals surface area contributed by atoms with Gasteiger partial charge in [0.05, 0.1) is 11.9 Å². The largest absolute Gasteiger partial charge is 0.381 e. The van der Waals surface area contributed by atoms with Gasteiger partial charge in [-0.2, -0.15) is 0 Å². The summed E-state index contributed by atoms with van der Waals surface area (Å²) in [4.78, 5) is 4.22. The Kier molecular flexibility index (Phi) is 4.62. The molecule has 2 heteroatoms. The summed E-state index contributed by atoms with van der Waals surface area (Å²) < 4.78 is 0. The molecule has 0 aromatic carbocycles. The van der Waals surface area contributed by atoms with Crippen molar-refractivity contribution in [2.24, 2.45) is 11.8 Å². The van der Waals surface area contributed by atoms with Gasteiger partial charge in [-0.25, -0.2) is 0 Å². The Morgan fingerprint density at radius 1 is 1.22 bits per heavy atom. The topological polar surface area (TPSA) is 24.9 Å². The molecule has 1 aliphatic rings. The maximum atomic E-state index is 4.22. The van der Waals surface area contributed by atoms with E-state index in [1.807, 2.05) is 12.4 Å². The summed E-state index contributed by atoms with van der Waals surface area (Å²) in [5.41, 5.74) is 2.51. The highest BCUT2D eigenvalue weighted by molar-refractivity contribution is 5.48. The predicted octanol–water partition coefficient (Wildman–Crippen LogP) is 4.41. The van der Waals surface area contributed by atoms with Crippen molar-refractivity contribution in [1.29, 1.82) is 0 Å². The fourth-order valence-electron chi connectivity index (χ4n) is 2.98. The molecule has 2 nitrogen and oxygen atoms in total. The summed E-state index contributed by atoms with van der Waals surface area (Å²) in [5, 5.41) is 3.69.